The highest BCUT2D eigenvalue weighted by Gasteiger charge is 2.14. The third kappa shape index (κ3) is 2.48. The van der Waals surface area contributed by atoms with E-state index in [2.05, 4.69) is 10.3 Å². The number of nitrogen functional groups attached to an aromatic ring is 1. The van der Waals surface area contributed by atoms with Gasteiger partial charge in [-0.15, -0.1) is 5.10 Å². The van der Waals surface area contributed by atoms with E-state index in [1.807, 2.05) is 49.5 Å². The van der Waals surface area contributed by atoms with Gasteiger partial charge in [0.25, 0.3) is 0 Å². The van der Waals surface area contributed by atoms with Crippen LogP contribution < -0.4 is 15.2 Å². The van der Waals surface area contributed by atoms with E-state index in [1.54, 1.807) is 4.68 Å². The molecule has 116 valence electrons. The molecule has 0 spiro atoms. The minimum absolute atomic E-state index is 0.561. The number of hydrogen-bond acceptors (Lipinski definition) is 5. The van der Waals surface area contributed by atoms with E-state index in [9.17, 15) is 0 Å². The molecule has 0 fully saturated rings. The van der Waals surface area contributed by atoms with Crippen molar-refractivity contribution in [3.63, 3.8) is 0 Å². The summed E-state index contributed by atoms with van der Waals surface area (Å²) in [7, 11) is 0. The third-order valence-corrected chi connectivity index (χ3v) is 3.81. The number of ether oxygens (including phenoxy) is 2. The second kappa shape index (κ2) is 5.31. The third-order valence-electron chi connectivity index (χ3n) is 3.81. The Hall–Kier alpha value is -3.02. The first-order chi connectivity index (χ1) is 11.2. The zero-order valence-corrected chi connectivity index (χ0v) is 12.7. The van der Waals surface area contributed by atoms with Crippen molar-refractivity contribution in [2.75, 3.05) is 18.9 Å². The molecular formula is C17H16N4O2. The zero-order valence-electron chi connectivity index (χ0n) is 12.7. The lowest BCUT2D eigenvalue weighted by molar-refractivity contribution is 0.171. The summed E-state index contributed by atoms with van der Waals surface area (Å²) in [6.07, 6.45) is 1.88. The summed E-state index contributed by atoms with van der Waals surface area (Å²) >= 11 is 0. The first-order valence-corrected chi connectivity index (χ1v) is 7.39. The van der Waals surface area contributed by atoms with Crippen LogP contribution in [0.15, 0.2) is 42.6 Å². The fourth-order valence-corrected chi connectivity index (χ4v) is 2.59. The summed E-state index contributed by atoms with van der Waals surface area (Å²) in [5.74, 6) is 1.50. The van der Waals surface area contributed by atoms with E-state index in [1.165, 1.54) is 0 Å². The molecule has 2 N–H and O–H groups in total. The van der Waals surface area contributed by atoms with Crippen molar-refractivity contribution in [2.45, 2.75) is 6.92 Å². The van der Waals surface area contributed by atoms with E-state index >= 15 is 0 Å². The van der Waals surface area contributed by atoms with Gasteiger partial charge < -0.3 is 15.2 Å². The molecular weight excluding hydrogens is 292 g/mol. The van der Waals surface area contributed by atoms with Crippen LogP contribution in [0.4, 0.5) is 5.69 Å². The van der Waals surface area contributed by atoms with Gasteiger partial charge in [0, 0.05) is 11.3 Å². The van der Waals surface area contributed by atoms with E-state index in [-0.39, 0.29) is 0 Å². The molecule has 4 rings (SSSR count). The average Bonchev–Trinajstić information content (AvgIpc) is 3.06. The van der Waals surface area contributed by atoms with Crippen molar-refractivity contribution in [1.82, 2.24) is 15.0 Å². The van der Waals surface area contributed by atoms with Crippen LogP contribution in [0.1, 0.15) is 5.56 Å². The Morgan fingerprint density at radius 2 is 1.87 bits per heavy atom. The summed E-state index contributed by atoms with van der Waals surface area (Å²) in [6, 6.07) is 11.5. The molecule has 23 heavy (non-hydrogen) atoms. The van der Waals surface area contributed by atoms with Gasteiger partial charge in [0.05, 0.1) is 11.9 Å². The van der Waals surface area contributed by atoms with Gasteiger partial charge in [-0.05, 0) is 42.8 Å². The van der Waals surface area contributed by atoms with Crippen LogP contribution in [0.5, 0.6) is 11.5 Å². The van der Waals surface area contributed by atoms with Crippen LogP contribution in [0.3, 0.4) is 0 Å². The van der Waals surface area contributed by atoms with Gasteiger partial charge >= 0.3 is 0 Å². The Morgan fingerprint density at radius 1 is 1.04 bits per heavy atom. The number of aromatic nitrogens is 3. The highest BCUT2D eigenvalue weighted by molar-refractivity contribution is 5.64. The molecule has 2 heterocycles. The molecule has 6 heteroatoms. The number of nitrogens with two attached hydrogens (primary N) is 1. The molecule has 0 saturated heterocycles. The molecule has 0 atom stereocenters. The van der Waals surface area contributed by atoms with Gasteiger partial charge in [0.1, 0.15) is 18.9 Å². The lowest BCUT2D eigenvalue weighted by Crippen LogP contribution is -2.15. The van der Waals surface area contributed by atoms with Crippen LogP contribution in [0.25, 0.3) is 16.9 Å². The number of anilines is 1. The van der Waals surface area contributed by atoms with Crippen LogP contribution in [0.2, 0.25) is 0 Å². The Balaban J connectivity index is 1.72. The van der Waals surface area contributed by atoms with Gasteiger partial charge in [-0.2, -0.15) is 0 Å². The molecule has 0 saturated carbocycles. The fraction of sp³-hybridized carbons (Fsp3) is 0.176. The SMILES string of the molecule is Cc1ccc(N)cc1-n1cc(-c2ccc3c(c2)OCCO3)nn1. The smallest absolute Gasteiger partial charge is 0.162 e. The highest BCUT2D eigenvalue weighted by Crippen LogP contribution is 2.34. The van der Waals surface area contributed by atoms with E-state index in [4.69, 9.17) is 15.2 Å². The second-order valence-corrected chi connectivity index (χ2v) is 5.45. The van der Waals surface area contributed by atoms with Gasteiger partial charge in [0.15, 0.2) is 11.5 Å². The number of fused-ring (bicyclic) bond motifs is 1. The van der Waals surface area contributed by atoms with Crippen molar-refractivity contribution >= 4 is 5.69 Å². The summed E-state index contributed by atoms with van der Waals surface area (Å²) in [4.78, 5) is 0. The van der Waals surface area contributed by atoms with Crippen molar-refractivity contribution in [1.29, 1.82) is 0 Å². The average molecular weight is 308 g/mol. The highest BCUT2D eigenvalue weighted by atomic mass is 16.6. The normalized spacial score (nSPS) is 13.1. The van der Waals surface area contributed by atoms with E-state index in [0.29, 0.717) is 18.9 Å². The molecule has 0 amide bonds. The summed E-state index contributed by atoms with van der Waals surface area (Å²) in [5.41, 5.74) is 10.3. The predicted molar refractivity (Wildman–Crippen MR) is 86.9 cm³/mol. The zero-order chi connectivity index (χ0) is 15.8. The molecule has 0 radical (unpaired) electrons. The number of nitrogens with zero attached hydrogens (tertiary/aromatic N) is 3. The monoisotopic (exact) mass is 308 g/mol. The molecule has 0 unspecified atom stereocenters. The minimum Gasteiger partial charge on any atom is -0.486 e. The van der Waals surface area contributed by atoms with Gasteiger partial charge in [0.2, 0.25) is 0 Å². The molecule has 1 aromatic heterocycles. The Morgan fingerprint density at radius 3 is 2.74 bits per heavy atom. The summed E-state index contributed by atoms with van der Waals surface area (Å²) < 4.78 is 12.9. The van der Waals surface area contributed by atoms with Crippen molar-refractivity contribution in [2.24, 2.45) is 0 Å². The number of benzene rings is 2. The van der Waals surface area contributed by atoms with Crippen LogP contribution >= 0.6 is 0 Å². The number of aryl methyl sites for hydroxylation is 1. The second-order valence-electron chi connectivity index (χ2n) is 5.45. The quantitative estimate of drug-likeness (QED) is 0.736. The summed E-state index contributed by atoms with van der Waals surface area (Å²) in [5, 5.41) is 8.47. The maximum atomic E-state index is 5.87. The Kier molecular flexibility index (Phi) is 3.15. The van der Waals surface area contributed by atoms with Crippen LogP contribution in [-0.4, -0.2) is 28.2 Å². The largest absolute Gasteiger partial charge is 0.486 e. The topological polar surface area (TPSA) is 75.2 Å². The van der Waals surface area contributed by atoms with Crippen molar-refractivity contribution < 1.29 is 9.47 Å². The molecule has 0 bridgehead atoms. The fourth-order valence-electron chi connectivity index (χ4n) is 2.59. The minimum atomic E-state index is 0.561. The molecule has 3 aromatic rings. The van der Waals surface area contributed by atoms with E-state index < -0.39 is 0 Å². The molecule has 0 aliphatic carbocycles. The lowest BCUT2D eigenvalue weighted by Gasteiger charge is -2.18. The first-order valence-electron chi connectivity index (χ1n) is 7.39. The molecule has 2 aromatic carbocycles. The van der Waals surface area contributed by atoms with Crippen molar-refractivity contribution in [3.05, 3.63) is 48.2 Å². The molecule has 1 aliphatic rings. The first kappa shape index (κ1) is 13.6. The van der Waals surface area contributed by atoms with E-state index in [0.717, 1.165) is 34.0 Å². The van der Waals surface area contributed by atoms with Crippen molar-refractivity contribution in [3.8, 4) is 28.4 Å². The van der Waals surface area contributed by atoms with Gasteiger partial charge in [-0.25, -0.2) is 4.68 Å². The van der Waals surface area contributed by atoms with Crippen LogP contribution in [0, 0.1) is 6.92 Å². The predicted octanol–water partition coefficient (Wildman–Crippen LogP) is 2.60. The maximum absolute atomic E-state index is 5.87. The Bertz CT molecular complexity index is 873. The molecule has 6 nitrogen and oxygen atoms in total. The Labute approximate surface area is 133 Å². The lowest BCUT2D eigenvalue weighted by atomic mass is 10.1. The molecule has 1 aliphatic heterocycles. The van der Waals surface area contributed by atoms with Gasteiger partial charge in [-0.3, -0.25) is 0 Å². The number of hydrogen-bond donors (Lipinski definition) is 1. The number of rotatable bonds is 2. The standard InChI is InChI=1S/C17H16N4O2/c1-11-2-4-13(18)9-15(11)21-10-14(19-20-21)12-3-5-16-17(8-12)23-7-6-22-16/h2-5,8-10H,6-7,18H2,1H3. The summed E-state index contributed by atoms with van der Waals surface area (Å²) in [6.45, 7) is 3.16. The van der Waals surface area contributed by atoms with Gasteiger partial charge in [-0.1, -0.05) is 11.3 Å². The van der Waals surface area contributed by atoms with Crippen LogP contribution in [-0.2, 0) is 0 Å². The maximum Gasteiger partial charge on any atom is 0.162 e.